The zero-order valence-corrected chi connectivity index (χ0v) is 9.71. The van der Waals surface area contributed by atoms with E-state index in [9.17, 15) is 5.11 Å². The minimum Gasteiger partial charge on any atom is -0.385 e. The van der Waals surface area contributed by atoms with Gasteiger partial charge in [-0.1, -0.05) is 32.0 Å². The average molecular weight is 204 g/mol. The van der Waals surface area contributed by atoms with E-state index in [4.69, 9.17) is 0 Å². The van der Waals surface area contributed by atoms with E-state index in [1.807, 2.05) is 0 Å². The van der Waals surface area contributed by atoms with Crippen LogP contribution in [0.1, 0.15) is 49.8 Å². The first kappa shape index (κ1) is 10.7. The number of aryl methyl sites for hydroxylation is 2. The molecule has 0 heterocycles. The first-order chi connectivity index (χ1) is 7.19. The number of rotatable bonds is 3. The molecule has 0 amide bonds. The molecule has 1 aromatic rings. The lowest BCUT2D eigenvalue weighted by Crippen LogP contribution is -2.34. The molecule has 0 radical (unpaired) electrons. The third kappa shape index (κ3) is 1.81. The van der Waals surface area contributed by atoms with Crippen LogP contribution in [0.15, 0.2) is 18.2 Å². The Bertz CT molecular complexity index is 350. The van der Waals surface area contributed by atoms with Crippen LogP contribution < -0.4 is 0 Å². The van der Waals surface area contributed by atoms with Gasteiger partial charge >= 0.3 is 0 Å². The highest BCUT2D eigenvalue weighted by atomic mass is 16.3. The van der Waals surface area contributed by atoms with Crippen LogP contribution in [-0.4, -0.2) is 5.11 Å². The topological polar surface area (TPSA) is 20.2 Å². The zero-order chi connectivity index (χ0) is 10.9. The molecule has 1 aliphatic rings. The molecule has 1 saturated carbocycles. The average Bonchev–Trinajstić information content (AvgIpc) is 2.25. The summed E-state index contributed by atoms with van der Waals surface area (Å²) in [6.45, 7) is 4.34. The predicted octanol–water partition coefficient (Wildman–Crippen LogP) is 3.18. The van der Waals surface area contributed by atoms with Crippen molar-refractivity contribution in [1.29, 1.82) is 0 Å². The van der Waals surface area contributed by atoms with E-state index in [1.165, 1.54) is 16.7 Å². The SMILES string of the molecule is CCc1ccc(C2(O)CCC2)c(CC)c1. The highest BCUT2D eigenvalue weighted by molar-refractivity contribution is 5.37. The molecule has 0 aromatic heterocycles. The van der Waals surface area contributed by atoms with Gasteiger partial charge in [0, 0.05) is 0 Å². The molecule has 0 atom stereocenters. The number of aliphatic hydroxyl groups is 1. The Balaban J connectivity index is 2.38. The van der Waals surface area contributed by atoms with Gasteiger partial charge in [-0.2, -0.15) is 0 Å². The van der Waals surface area contributed by atoms with Crippen LogP contribution >= 0.6 is 0 Å². The summed E-state index contributed by atoms with van der Waals surface area (Å²) in [6.07, 6.45) is 5.13. The maximum atomic E-state index is 10.4. The summed E-state index contributed by atoms with van der Waals surface area (Å²) in [7, 11) is 0. The lowest BCUT2D eigenvalue weighted by Gasteiger charge is -2.38. The minimum absolute atomic E-state index is 0.502. The maximum absolute atomic E-state index is 10.4. The van der Waals surface area contributed by atoms with Gasteiger partial charge in [-0.25, -0.2) is 0 Å². The lowest BCUT2D eigenvalue weighted by atomic mass is 9.73. The first-order valence-corrected chi connectivity index (χ1v) is 6.04. The van der Waals surface area contributed by atoms with Crippen LogP contribution in [0.25, 0.3) is 0 Å². The summed E-state index contributed by atoms with van der Waals surface area (Å²) in [5.41, 5.74) is 3.38. The van der Waals surface area contributed by atoms with Gasteiger partial charge in [-0.15, -0.1) is 0 Å². The molecule has 1 N–H and O–H groups in total. The fourth-order valence-electron chi connectivity index (χ4n) is 2.39. The highest BCUT2D eigenvalue weighted by Crippen LogP contribution is 2.42. The molecule has 1 aromatic carbocycles. The van der Waals surface area contributed by atoms with E-state index < -0.39 is 5.60 Å². The Labute approximate surface area is 92.1 Å². The van der Waals surface area contributed by atoms with Gasteiger partial charge in [-0.3, -0.25) is 0 Å². The molecule has 15 heavy (non-hydrogen) atoms. The van der Waals surface area contributed by atoms with Crippen LogP contribution in [0.4, 0.5) is 0 Å². The Kier molecular flexibility index (Phi) is 2.83. The van der Waals surface area contributed by atoms with Crippen molar-refractivity contribution in [3.8, 4) is 0 Å². The second-order valence-electron chi connectivity index (χ2n) is 4.58. The van der Waals surface area contributed by atoms with E-state index in [1.54, 1.807) is 0 Å². The molecule has 0 spiro atoms. The Hall–Kier alpha value is -0.820. The first-order valence-electron chi connectivity index (χ1n) is 6.04. The lowest BCUT2D eigenvalue weighted by molar-refractivity contribution is -0.0394. The van der Waals surface area contributed by atoms with Crippen molar-refractivity contribution in [3.05, 3.63) is 34.9 Å². The molecule has 82 valence electrons. The Morgan fingerprint density at radius 3 is 2.40 bits per heavy atom. The second-order valence-corrected chi connectivity index (χ2v) is 4.58. The van der Waals surface area contributed by atoms with Gasteiger partial charge < -0.3 is 5.11 Å². The number of benzene rings is 1. The van der Waals surface area contributed by atoms with E-state index in [0.29, 0.717) is 0 Å². The van der Waals surface area contributed by atoms with Crippen molar-refractivity contribution in [1.82, 2.24) is 0 Å². The fourth-order valence-corrected chi connectivity index (χ4v) is 2.39. The number of hydrogen-bond donors (Lipinski definition) is 1. The summed E-state index contributed by atoms with van der Waals surface area (Å²) in [6, 6.07) is 6.55. The van der Waals surface area contributed by atoms with Crippen molar-refractivity contribution in [2.24, 2.45) is 0 Å². The molecule has 0 bridgehead atoms. The van der Waals surface area contributed by atoms with Gasteiger partial charge in [0.25, 0.3) is 0 Å². The smallest absolute Gasteiger partial charge is 0.0899 e. The van der Waals surface area contributed by atoms with Gasteiger partial charge in [0.2, 0.25) is 0 Å². The van der Waals surface area contributed by atoms with Crippen LogP contribution in [0.5, 0.6) is 0 Å². The molecule has 0 unspecified atom stereocenters. The van der Waals surface area contributed by atoms with Crippen molar-refractivity contribution in [3.63, 3.8) is 0 Å². The summed E-state index contributed by atoms with van der Waals surface area (Å²) < 4.78 is 0. The van der Waals surface area contributed by atoms with Crippen molar-refractivity contribution < 1.29 is 5.11 Å². The summed E-state index contributed by atoms with van der Waals surface area (Å²) >= 11 is 0. The Morgan fingerprint density at radius 2 is 1.93 bits per heavy atom. The summed E-state index contributed by atoms with van der Waals surface area (Å²) in [5, 5.41) is 10.4. The van der Waals surface area contributed by atoms with Gasteiger partial charge in [0.15, 0.2) is 0 Å². The Morgan fingerprint density at radius 1 is 1.20 bits per heavy atom. The standard InChI is InChI=1S/C14H20O/c1-3-11-6-7-13(12(4-2)10-11)14(15)8-5-9-14/h6-7,10,15H,3-5,8-9H2,1-2H3. The third-order valence-corrected chi connectivity index (χ3v) is 3.64. The normalized spacial score (nSPS) is 18.6. The molecule has 1 aliphatic carbocycles. The highest BCUT2D eigenvalue weighted by Gasteiger charge is 2.37. The van der Waals surface area contributed by atoms with E-state index in [-0.39, 0.29) is 0 Å². The monoisotopic (exact) mass is 204 g/mol. The molecular weight excluding hydrogens is 184 g/mol. The van der Waals surface area contributed by atoms with Gasteiger partial charge in [0.05, 0.1) is 5.60 Å². The molecule has 1 nitrogen and oxygen atoms in total. The number of hydrogen-bond acceptors (Lipinski definition) is 1. The van der Waals surface area contributed by atoms with E-state index in [2.05, 4.69) is 32.0 Å². The summed E-state index contributed by atoms with van der Waals surface area (Å²) in [5.74, 6) is 0. The second kappa shape index (κ2) is 3.97. The fraction of sp³-hybridized carbons (Fsp3) is 0.571. The molecule has 0 saturated heterocycles. The minimum atomic E-state index is -0.502. The molecule has 1 heteroatoms. The van der Waals surface area contributed by atoms with Crippen molar-refractivity contribution >= 4 is 0 Å². The molecular formula is C14H20O. The van der Waals surface area contributed by atoms with Gasteiger partial charge in [-0.05, 0) is 48.8 Å². The largest absolute Gasteiger partial charge is 0.385 e. The third-order valence-electron chi connectivity index (χ3n) is 3.64. The van der Waals surface area contributed by atoms with Crippen LogP contribution in [0.2, 0.25) is 0 Å². The molecule has 0 aliphatic heterocycles. The van der Waals surface area contributed by atoms with Crippen molar-refractivity contribution in [2.75, 3.05) is 0 Å². The van der Waals surface area contributed by atoms with Gasteiger partial charge in [0.1, 0.15) is 0 Å². The zero-order valence-electron chi connectivity index (χ0n) is 9.71. The van der Waals surface area contributed by atoms with Crippen molar-refractivity contribution in [2.45, 2.75) is 51.6 Å². The molecule has 2 rings (SSSR count). The van der Waals surface area contributed by atoms with Crippen LogP contribution in [0.3, 0.4) is 0 Å². The van der Waals surface area contributed by atoms with Crippen LogP contribution in [0, 0.1) is 0 Å². The quantitative estimate of drug-likeness (QED) is 0.801. The van der Waals surface area contributed by atoms with E-state index >= 15 is 0 Å². The molecule has 1 fully saturated rings. The van der Waals surface area contributed by atoms with E-state index in [0.717, 1.165) is 32.1 Å². The summed E-state index contributed by atoms with van der Waals surface area (Å²) in [4.78, 5) is 0. The predicted molar refractivity (Wildman–Crippen MR) is 62.9 cm³/mol. The maximum Gasteiger partial charge on any atom is 0.0899 e. The van der Waals surface area contributed by atoms with Crippen LogP contribution in [-0.2, 0) is 18.4 Å².